The van der Waals surface area contributed by atoms with Crippen molar-refractivity contribution in [3.05, 3.63) is 65.2 Å². The van der Waals surface area contributed by atoms with Crippen molar-refractivity contribution in [1.29, 1.82) is 0 Å². The van der Waals surface area contributed by atoms with Crippen molar-refractivity contribution in [2.75, 3.05) is 19.8 Å². The molecular formula is C28H37F2NO5. The number of aliphatic carboxylic acids is 1. The van der Waals surface area contributed by atoms with Crippen LogP contribution >= 0.6 is 0 Å². The normalized spacial score (nSPS) is 11.8. The summed E-state index contributed by atoms with van der Waals surface area (Å²) < 4.78 is 38.4. The van der Waals surface area contributed by atoms with Gasteiger partial charge < -0.3 is 19.5 Å². The third kappa shape index (κ3) is 10.3. The minimum Gasteiger partial charge on any atom is -0.484 e. The Bertz CT molecular complexity index is 951. The highest BCUT2D eigenvalue weighted by atomic mass is 19.1. The Labute approximate surface area is 212 Å². The minimum absolute atomic E-state index is 0.0379. The molecule has 0 aliphatic carbocycles. The highest BCUT2D eigenvalue weighted by Crippen LogP contribution is 2.17. The van der Waals surface area contributed by atoms with Crippen LogP contribution in [0.15, 0.2) is 42.5 Å². The van der Waals surface area contributed by atoms with Gasteiger partial charge in [-0.3, -0.25) is 4.79 Å². The van der Waals surface area contributed by atoms with Crippen LogP contribution in [0.4, 0.5) is 8.78 Å². The van der Waals surface area contributed by atoms with Gasteiger partial charge in [0.25, 0.3) is 5.91 Å². The van der Waals surface area contributed by atoms with Crippen LogP contribution in [0.1, 0.15) is 63.5 Å². The number of hydrogen-bond donors (Lipinski definition) is 1. The maximum Gasteiger partial charge on any atom is 0.333 e. The molecule has 0 fully saturated rings. The molecule has 0 aliphatic heterocycles. The van der Waals surface area contributed by atoms with E-state index in [1.165, 1.54) is 18.6 Å². The van der Waals surface area contributed by atoms with E-state index in [1.54, 1.807) is 36.1 Å². The number of carboxylic acid groups (broad SMARTS) is 1. The van der Waals surface area contributed by atoms with Crippen molar-refractivity contribution in [2.45, 2.75) is 71.4 Å². The second kappa shape index (κ2) is 15.9. The van der Waals surface area contributed by atoms with Gasteiger partial charge in [0.15, 0.2) is 12.7 Å². The Hall–Kier alpha value is -3.00. The van der Waals surface area contributed by atoms with E-state index >= 15 is 0 Å². The van der Waals surface area contributed by atoms with E-state index in [0.29, 0.717) is 18.9 Å². The number of hydrogen-bond acceptors (Lipinski definition) is 4. The Morgan fingerprint density at radius 1 is 0.972 bits per heavy atom. The van der Waals surface area contributed by atoms with Gasteiger partial charge >= 0.3 is 5.97 Å². The van der Waals surface area contributed by atoms with Gasteiger partial charge in [-0.15, -0.1) is 0 Å². The van der Waals surface area contributed by atoms with Gasteiger partial charge in [-0.05, 0) is 37.1 Å². The molecule has 0 radical (unpaired) electrons. The van der Waals surface area contributed by atoms with Gasteiger partial charge in [0.05, 0.1) is 0 Å². The Morgan fingerprint density at radius 2 is 1.67 bits per heavy atom. The first-order chi connectivity index (χ1) is 17.3. The molecule has 1 amide bonds. The fourth-order valence-corrected chi connectivity index (χ4v) is 3.82. The summed E-state index contributed by atoms with van der Waals surface area (Å²) in [6, 6.07) is 10.2. The number of carbonyl (C=O) groups is 2. The average molecular weight is 506 g/mol. The molecule has 8 heteroatoms. The van der Waals surface area contributed by atoms with E-state index in [9.17, 15) is 23.5 Å². The van der Waals surface area contributed by atoms with E-state index in [2.05, 4.69) is 6.92 Å². The van der Waals surface area contributed by atoms with E-state index < -0.39 is 23.7 Å². The van der Waals surface area contributed by atoms with E-state index in [-0.39, 0.29) is 31.0 Å². The van der Waals surface area contributed by atoms with Crippen molar-refractivity contribution >= 4 is 11.9 Å². The van der Waals surface area contributed by atoms with Gasteiger partial charge in [0.1, 0.15) is 17.4 Å². The highest BCUT2D eigenvalue weighted by Gasteiger charge is 2.19. The first kappa shape index (κ1) is 29.2. The lowest BCUT2D eigenvalue weighted by Crippen LogP contribution is -2.35. The van der Waals surface area contributed by atoms with Gasteiger partial charge in [-0.2, -0.15) is 0 Å². The number of halogens is 2. The highest BCUT2D eigenvalue weighted by molar-refractivity contribution is 5.77. The zero-order valence-corrected chi connectivity index (χ0v) is 21.2. The van der Waals surface area contributed by atoms with E-state index in [4.69, 9.17) is 9.47 Å². The summed E-state index contributed by atoms with van der Waals surface area (Å²) in [5.74, 6) is -2.20. The topological polar surface area (TPSA) is 76.1 Å². The quantitative estimate of drug-likeness (QED) is 0.277. The number of benzene rings is 2. The molecule has 2 rings (SSSR count). The number of amides is 1. The summed E-state index contributed by atoms with van der Waals surface area (Å²) in [7, 11) is 0. The third-order valence-electron chi connectivity index (χ3n) is 5.86. The Kier molecular flexibility index (Phi) is 12.9. The van der Waals surface area contributed by atoms with Crippen LogP contribution in [-0.2, 0) is 27.3 Å². The monoisotopic (exact) mass is 505 g/mol. The Balaban J connectivity index is 1.96. The van der Waals surface area contributed by atoms with E-state index in [0.717, 1.165) is 43.7 Å². The predicted molar refractivity (Wildman–Crippen MR) is 134 cm³/mol. The molecule has 0 saturated heterocycles. The molecule has 0 spiro atoms. The SMILES string of the molecule is CCCCCCCCN(Cc1ccc(F)cc1F)C(=O)COc1ccc(CC(OCC)C(=O)O)cc1. The van der Waals surface area contributed by atoms with Crippen LogP contribution in [0.5, 0.6) is 5.75 Å². The van der Waals surface area contributed by atoms with Crippen molar-refractivity contribution in [3.8, 4) is 5.75 Å². The fourth-order valence-electron chi connectivity index (χ4n) is 3.82. The van der Waals surface area contributed by atoms with E-state index in [1.807, 2.05) is 0 Å². The van der Waals surface area contributed by atoms with Gasteiger partial charge in [0.2, 0.25) is 0 Å². The smallest absolute Gasteiger partial charge is 0.333 e. The first-order valence-corrected chi connectivity index (χ1v) is 12.6. The zero-order valence-electron chi connectivity index (χ0n) is 21.2. The van der Waals surface area contributed by atoms with Crippen LogP contribution in [0.3, 0.4) is 0 Å². The molecule has 1 N–H and O–H groups in total. The van der Waals surface area contributed by atoms with Gasteiger partial charge in [-0.25, -0.2) is 13.6 Å². The Morgan fingerprint density at radius 3 is 2.31 bits per heavy atom. The molecule has 2 aromatic carbocycles. The summed E-state index contributed by atoms with van der Waals surface area (Å²) in [6.07, 6.45) is 5.61. The lowest BCUT2D eigenvalue weighted by atomic mass is 10.1. The van der Waals surface area contributed by atoms with Crippen LogP contribution in [0.2, 0.25) is 0 Å². The van der Waals surface area contributed by atoms with Crippen molar-refractivity contribution in [2.24, 2.45) is 0 Å². The van der Waals surface area contributed by atoms with Crippen LogP contribution in [0.25, 0.3) is 0 Å². The third-order valence-corrected chi connectivity index (χ3v) is 5.86. The van der Waals surface area contributed by atoms with Crippen molar-refractivity contribution in [3.63, 3.8) is 0 Å². The number of carbonyl (C=O) groups excluding carboxylic acids is 1. The second-order valence-electron chi connectivity index (χ2n) is 8.74. The number of ether oxygens (including phenoxy) is 2. The van der Waals surface area contributed by atoms with Crippen molar-refractivity contribution in [1.82, 2.24) is 4.90 Å². The zero-order chi connectivity index (χ0) is 26.3. The maximum absolute atomic E-state index is 14.2. The maximum atomic E-state index is 14.2. The number of carboxylic acids is 1. The van der Waals surface area contributed by atoms with Gasteiger partial charge in [0, 0.05) is 37.7 Å². The largest absolute Gasteiger partial charge is 0.484 e. The predicted octanol–water partition coefficient (Wildman–Crippen LogP) is 5.77. The molecule has 0 saturated carbocycles. The van der Waals surface area contributed by atoms with Crippen LogP contribution in [-0.4, -0.2) is 47.7 Å². The number of nitrogens with zero attached hydrogens (tertiary/aromatic N) is 1. The molecule has 1 atom stereocenters. The number of unbranched alkanes of at least 4 members (excludes halogenated alkanes) is 5. The molecule has 0 aromatic heterocycles. The lowest BCUT2D eigenvalue weighted by Gasteiger charge is -2.23. The lowest BCUT2D eigenvalue weighted by molar-refractivity contribution is -0.150. The first-order valence-electron chi connectivity index (χ1n) is 12.6. The molecule has 1 unspecified atom stereocenters. The molecule has 6 nitrogen and oxygen atoms in total. The fraction of sp³-hybridized carbons (Fsp3) is 0.500. The second-order valence-corrected chi connectivity index (χ2v) is 8.74. The average Bonchev–Trinajstić information content (AvgIpc) is 2.85. The molecule has 198 valence electrons. The summed E-state index contributed by atoms with van der Waals surface area (Å²) >= 11 is 0. The summed E-state index contributed by atoms with van der Waals surface area (Å²) in [4.78, 5) is 25.8. The van der Waals surface area contributed by atoms with Crippen molar-refractivity contribution < 1.29 is 33.0 Å². The molecule has 2 aromatic rings. The summed E-state index contributed by atoms with van der Waals surface area (Å²) in [5, 5.41) is 9.24. The summed E-state index contributed by atoms with van der Waals surface area (Å²) in [6.45, 7) is 4.46. The van der Waals surface area contributed by atoms with Crippen LogP contribution < -0.4 is 4.74 Å². The standard InChI is InChI=1S/C28H37F2NO5/c1-3-5-6-7-8-9-16-31(19-22-12-13-23(29)18-25(22)30)27(32)20-36-24-14-10-21(11-15-24)17-26(28(33)34)35-4-2/h10-15,18,26H,3-9,16-17,19-20H2,1-2H3,(H,33,34). The number of rotatable bonds is 17. The molecule has 36 heavy (non-hydrogen) atoms. The minimum atomic E-state index is -1.02. The van der Waals surface area contributed by atoms with Crippen LogP contribution in [0, 0.1) is 11.6 Å². The molecule has 0 heterocycles. The van der Waals surface area contributed by atoms with Gasteiger partial charge in [-0.1, -0.05) is 57.2 Å². The summed E-state index contributed by atoms with van der Waals surface area (Å²) in [5.41, 5.74) is 1.02. The molecule has 0 aliphatic rings. The molecule has 0 bridgehead atoms. The molecular weight excluding hydrogens is 468 g/mol.